The minimum atomic E-state index is 0.0935. The zero-order chi connectivity index (χ0) is 14.6. The minimum absolute atomic E-state index is 0.0935. The van der Waals surface area contributed by atoms with Gasteiger partial charge < -0.3 is 11.1 Å². The van der Waals surface area contributed by atoms with Gasteiger partial charge in [-0.3, -0.25) is 4.79 Å². The summed E-state index contributed by atoms with van der Waals surface area (Å²) < 4.78 is 0. The van der Waals surface area contributed by atoms with Gasteiger partial charge in [0.1, 0.15) is 0 Å². The maximum Gasteiger partial charge on any atom is 0.220 e. The fourth-order valence-corrected chi connectivity index (χ4v) is 3.92. The molecular weight excluding hydrogens is 248 g/mol. The first kappa shape index (κ1) is 15.8. The molecule has 0 heterocycles. The Kier molecular flexibility index (Phi) is 5.11. The van der Waals surface area contributed by atoms with E-state index in [0.717, 1.165) is 25.7 Å². The summed E-state index contributed by atoms with van der Waals surface area (Å²) in [5.74, 6) is 0.238. The highest BCUT2D eigenvalue weighted by atomic mass is 16.1. The number of hydrogen-bond donors (Lipinski definition) is 2. The van der Waals surface area contributed by atoms with Crippen LogP contribution < -0.4 is 11.1 Å². The first-order valence-electron chi connectivity index (χ1n) is 8.44. The average Bonchev–Trinajstić information content (AvgIpc) is 2.42. The zero-order valence-corrected chi connectivity index (χ0v) is 13.3. The van der Waals surface area contributed by atoms with Crippen molar-refractivity contribution in [3.8, 4) is 0 Å². The maximum absolute atomic E-state index is 12.3. The molecule has 0 radical (unpaired) electrons. The van der Waals surface area contributed by atoms with E-state index in [1.807, 2.05) is 0 Å². The van der Waals surface area contributed by atoms with Crippen molar-refractivity contribution in [2.75, 3.05) is 6.54 Å². The third-order valence-corrected chi connectivity index (χ3v) is 5.59. The van der Waals surface area contributed by atoms with E-state index in [1.165, 1.54) is 32.1 Å². The predicted octanol–water partition coefficient (Wildman–Crippen LogP) is 3.37. The van der Waals surface area contributed by atoms with Crippen LogP contribution in [0.15, 0.2) is 0 Å². The molecule has 3 N–H and O–H groups in total. The van der Waals surface area contributed by atoms with Crippen LogP contribution in [0.25, 0.3) is 0 Å². The summed E-state index contributed by atoms with van der Waals surface area (Å²) in [6, 6.07) is 0.397. The lowest BCUT2D eigenvalue weighted by molar-refractivity contribution is -0.125. The summed E-state index contributed by atoms with van der Waals surface area (Å²) in [4.78, 5) is 12.3. The summed E-state index contributed by atoms with van der Waals surface area (Å²) in [5, 5.41) is 3.27. The summed E-state index contributed by atoms with van der Waals surface area (Å²) in [6.07, 6.45) is 11.4. The number of carbonyl (C=O) groups excluding carboxylic acids is 1. The number of amides is 1. The van der Waals surface area contributed by atoms with E-state index < -0.39 is 0 Å². The van der Waals surface area contributed by atoms with Crippen LogP contribution >= 0.6 is 0 Å². The van der Waals surface area contributed by atoms with Gasteiger partial charge >= 0.3 is 0 Å². The van der Waals surface area contributed by atoms with Crippen molar-refractivity contribution in [2.45, 2.75) is 84.1 Å². The number of hydrogen-bond acceptors (Lipinski definition) is 2. The molecule has 2 aliphatic carbocycles. The SMILES string of the molecule is CC1(C)CCC(NC(=O)CC2(CN)CCCCC2)CC1. The van der Waals surface area contributed by atoms with E-state index in [4.69, 9.17) is 5.73 Å². The van der Waals surface area contributed by atoms with Gasteiger partial charge in [0.05, 0.1) is 0 Å². The van der Waals surface area contributed by atoms with Gasteiger partial charge in [-0.15, -0.1) is 0 Å². The first-order valence-corrected chi connectivity index (χ1v) is 8.44. The molecule has 20 heavy (non-hydrogen) atoms. The number of nitrogens with one attached hydrogen (secondary N) is 1. The Morgan fingerprint density at radius 3 is 2.25 bits per heavy atom. The Labute approximate surface area is 124 Å². The summed E-state index contributed by atoms with van der Waals surface area (Å²) >= 11 is 0. The van der Waals surface area contributed by atoms with Gasteiger partial charge in [0.2, 0.25) is 5.91 Å². The van der Waals surface area contributed by atoms with Crippen LogP contribution in [0, 0.1) is 10.8 Å². The molecular formula is C17H32N2O. The number of rotatable bonds is 4. The van der Waals surface area contributed by atoms with Crippen molar-refractivity contribution in [2.24, 2.45) is 16.6 Å². The van der Waals surface area contributed by atoms with E-state index in [0.29, 0.717) is 24.4 Å². The molecule has 2 rings (SSSR count). The van der Waals surface area contributed by atoms with E-state index in [9.17, 15) is 4.79 Å². The normalized spacial score (nSPS) is 26.1. The summed E-state index contributed by atoms with van der Waals surface area (Å²) in [6.45, 7) is 5.32. The first-order chi connectivity index (χ1) is 9.45. The fraction of sp³-hybridized carbons (Fsp3) is 0.941. The fourth-order valence-electron chi connectivity index (χ4n) is 3.92. The Bertz CT molecular complexity index is 322. The molecule has 0 atom stereocenters. The molecule has 0 bridgehead atoms. The molecule has 0 saturated heterocycles. The second-order valence-electron chi connectivity index (χ2n) is 7.95. The molecule has 2 fully saturated rings. The van der Waals surface area contributed by atoms with Crippen LogP contribution in [0.2, 0.25) is 0 Å². The molecule has 0 unspecified atom stereocenters. The lowest BCUT2D eigenvalue weighted by Crippen LogP contribution is -2.43. The Hall–Kier alpha value is -0.570. The second-order valence-corrected chi connectivity index (χ2v) is 7.95. The van der Waals surface area contributed by atoms with E-state index in [2.05, 4.69) is 19.2 Å². The second kappa shape index (κ2) is 6.46. The molecule has 0 aromatic heterocycles. The van der Waals surface area contributed by atoms with Crippen molar-refractivity contribution in [1.29, 1.82) is 0 Å². The quantitative estimate of drug-likeness (QED) is 0.829. The minimum Gasteiger partial charge on any atom is -0.353 e. The van der Waals surface area contributed by atoms with Crippen LogP contribution in [0.1, 0.15) is 78.1 Å². The Morgan fingerprint density at radius 2 is 1.70 bits per heavy atom. The van der Waals surface area contributed by atoms with Crippen LogP contribution in [-0.4, -0.2) is 18.5 Å². The van der Waals surface area contributed by atoms with Gasteiger partial charge in [-0.1, -0.05) is 33.1 Å². The van der Waals surface area contributed by atoms with Crippen molar-refractivity contribution in [3.05, 3.63) is 0 Å². The van der Waals surface area contributed by atoms with Gasteiger partial charge in [-0.05, 0) is 55.9 Å². The lowest BCUT2D eigenvalue weighted by atomic mass is 9.71. The van der Waals surface area contributed by atoms with Gasteiger partial charge in [-0.25, -0.2) is 0 Å². The molecule has 116 valence electrons. The van der Waals surface area contributed by atoms with Gasteiger partial charge in [0.25, 0.3) is 0 Å². The van der Waals surface area contributed by atoms with E-state index in [1.54, 1.807) is 0 Å². The van der Waals surface area contributed by atoms with Crippen molar-refractivity contribution in [1.82, 2.24) is 5.32 Å². The molecule has 3 nitrogen and oxygen atoms in total. The van der Waals surface area contributed by atoms with Crippen molar-refractivity contribution in [3.63, 3.8) is 0 Å². The molecule has 0 aromatic rings. The summed E-state index contributed by atoms with van der Waals surface area (Å²) in [7, 11) is 0. The van der Waals surface area contributed by atoms with E-state index in [-0.39, 0.29) is 11.3 Å². The van der Waals surface area contributed by atoms with Crippen LogP contribution in [0.5, 0.6) is 0 Å². The average molecular weight is 280 g/mol. The standard InChI is InChI=1S/C17H32N2O/c1-16(2)10-6-14(7-11-16)19-15(20)12-17(13-18)8-4-3-5-9-17/h14H,3-13,18H2,1-2H3,(H,19,20). The molecule has 3 heteroatoms. The molecule has 0 spiro atoms. The topological polar surface area (TPSA) is 55.1 Å². The maximum atomic E-state index is 12.3. The van der Waals surface area contributed by atoms with Gasteiger partial charge in [0.15, 0.2) is 0 Å². The van der Waals surface area contributed by atoms with Crippen LogP contribution in [-0.2, 0) is 4.79 Å². The zero-order valence-electron chi connectivity index (χ0n) is 13.3. The predicted molar refractivity (Wildman–Crippen MR) is 83.4 cm³/mol. The number of carbonyl (C=O) groups is 1. The smallest absolute Gasteiger partial charge is 0.220 e. The molecule has 0 aliphatic heterocycles. The molecule has 2 saturated carbocycles. The van der Waals surface area contributed by atoms with Crippen molar-refractivity contribution >= 4 is 5.91 Å². The molecule has 0 aromatic carbocycles. The Balaban J connectivity index is 1.80. The van der Waals surface area contributed by atoms with Crippen molar-refractivity contribution < 1.29 is 4.79 Å². The van der Waals surface area contributed by atoms with Gasteiger partial charge in [-0.2, -0.15) is 0 Å². The highest BCUT2D eigenvalue weighted by Gasteiger charge is 2.34. The molecule has 1 amide bonds. The highest BCUT2D eigenvalue weighted by molar-refractivity contribution is 5.77. The Morgan fingerprint density at radius 1 is 1.10 bits per heavy atom. The highest BCUT2D eigenvalue weighted by Crippen LogP contribution is 2.39. The molecule has 2 aliphatic rings. The van der Waals surface area contributed by atoms with Crippen LogP contribution in [0.4, 0.5) is 0 Å². The largest absolute Gasteiger partial charge is 0.353 e. The summed E-state index contributed by atoms with van der Waals surface area (Å²) in [5.41, 5.74) is 6.53. The third kappa shape index (κ3) is 4.21. The van der Waals surface area contributed by atoms with Crippen LogP contribution in [0.3, 0.4) is 0 Å². The van der Waals surface area contributed by atoms with E-state index >= 15 is 0 Å². The third-order valence-electron chi connectivity index (χ3n) is 5.59. The van der Waals surface area contributed by atoms with Gasteiger partial charge in [0, 0.05) is 12.5 Å². The number of nitrogens with two attached hydrogens (primary N) is 1. The monoisotopic (exact) mass is 280 g/mol. The lowest BCUT2D eigenvalue weighted by Gasteiger charge is -2.37.